The summed E-state index contributed by atoms with van der Waals surface area (Å²) in [4.78, 5) is 0. The number of hydrogen-bond acceptors (Lipinski definition) is 4. The Hall–Kier alpha value is -1.42. The van der Waals surface area contributed by atoms with Crippen molar-refractivity contribution in [3.8, 4) is 11.5 Å². The van der Waals surface area contributed by atoms with Crippen LogP contribution in [0.5, 0.6) is 11.5 Å². The third-order valence-electron chi connectivity index (χ3n) is 2.26. The second kappa shape index (κ2) is 4.61. The van der Waals surface area contributed by atoms with Crippen LogP contribution in [-0.4, -0.2) is 19.8 Å². The molecule has 0 aromatic heterocycles. The van der Waals surface area contributed by atoms with Gasteiger partial charge in [-0.1, -0.05) is 0 Å². The molecule has 0 saturated heterocycles. The fourth-order valence-corrected chi connectivity index (χ4v) is 1.62. The number of nitrogen functional groups attached to an aromatic ring is 1. The number of anilines is 1. The second-order valence-electron chi connectivity index (χ2n) is 4.58. The molecule has 16 heavy (non-hydrogen) atoms. The standard InChI is InChI=1S/C12H20N2O2/c1-12(2,14)7-8-5-9(15-3)11(13)10(6-8)16-4/h5-6H,7,13-14H2,1-4H3. The quantitative estimate of drug-likeness (QED) is 0.761. The Balaban J connectivity index is 3.12. The maximum Gasteiger partial charge on any atom is 0.145 e. The summed E-state index contributed by atoms with van der Waals surface area (Å²) in [6.45, 7) is 3.95. The molecule has 0 unspecified atom stereocenters. The van der Waals surface area contributed by atoms with Crippen LogP contribution in [0.2, 0.25) is 0 Å². The molecule has 0 atom stereocenters. The fourth-order valence-electron chi connectivity index (χ4n) is 1.62. The highest BCUT2D eigenvalue weighted by Crippen LogP contribution is 2.33. The molecule has 0 amide bonds. The first-order chi connectivity index (χ1) is 7.37. The van der Waals surface area contributed by atoms with Crippen molar-refractivity contribution in [1.82, 2.24) is 0 Å². The van der Waals surface area contributed by atoms with Crippen molar-refractivity contribution in [3.05, 3.63) is 17.7 Å². The van der Waals surface area contributed by atoms with Crippen LogP contribution in [-0.2, 0) is 6.42 Å². The lowest BCUT2D eigenvalue weighted by atomic mass is 9.95. The van der Waals surface area contributed by atoms with E-state index >= 15 is 0 Å². The summed E-state index contributed by atoms with van der Waals surface area (Å²) in [6.07, 6.45) is 0.736. The SMILES string of the molecule is COc1cc(CC(C)(C)N)cc(OC)c1N. The van der Waals surface area contributed by atoms with E-state index in [9.17, 15) is 0 Å². The van der Waals surface area contributed by atoms with Gasteiger partial charge in [-0.3, -0.25) is 0 Å². The maximum absolute atomic E-state index is 5.98. The third kappa shape index (κ3) is 3.03. The summed E-state index contributed by atoms with van der Waals surface area (Å²) in [5, 5.41) is 0. The Bertz CT molecular complexity index is 345. The van der Waals surface area contributed by atoms with Crippen molar-refractivity contribution in [2.45, 2.75) is 25.8 Å². The van der Waals surface area contributed by atoms with Crippen molar-refractivity contribution < 1.29 is 9.47 Å². The van der Waals surface area contributed by atoms with Crippen LogP contribution in [0, 0.1) is 0 Å². The number of nitrogens with two attached hydrogens (primary N) is 2. The monoisotopic (exact) mass is 224 g/mol. The molecule has 4 heteroatoms. The molecular weight excluding hydrogens is 204 g/mol. The van der Waals surface area contributed by atoms with Crippen molar-refractivity contribution >= 4 is 5.69 Å². The van der Waals surface area contributed by atoms with Crippen molar-refractivity contribution in [2.24, 2.45) is 5.73 Å². The Morgan fingerprint density at radius 2 is 1.56 bits per heavy atom. The van der Waals surface area contributed by atoms with E-state index in [0.717, 1.165) is 12.0 Å². The van der Waals surface area contributed by atoms with Gasteiger partial charge in [0.1, 0.15) is 17.2 Å². The molecule has 0 saturated carbocycles. The highest BCUT2D eigenvalue weighted by Gasteiger charge is 2.15. The first-order valence-electron chi connectivity index (χ1n) is 5.16. The largest absolute Gasteiger partial charge is 0.494 e. The first kappa shape index (κ1) is 12.6. The lowest BCUT2D eigenvalue weighted by Crippen LogP contribution is -2.34. The topological polar surface area (TPSA) is 70.5 Å². The van der Waals surface area contributed by atoms with Crippen LogP contribution >= 0.6 is 0 Å². The molecule has 0 heterocycles. The Labute approximate surface area is 96.5 Å². The zero-order chi connectivity index (χ0) is 12.3. The lowest BCUT2D eigenvalue weighted by Gasteiger charge is -2.20. The molecule has 0 aliphatic carbocycles. The zero-order valence-electron chi connectivity index (χ0n) is 10.3. The van der Waals surface area contributed by atoms with Gasteiger partial charge >= 0.3 is 0 Å². The van der Waals surface area contributed by atoms with Crippen molar-refractivity contribution in [3.63, 3.8) is 0 Å². The third-order valence-corrected chi connectivity index (χ3v) is 2.26. The number of benzene rings is 1. The van der Waals surface area contributed by atoms with E-state index < -0.39 is 0 Å². The van der Waals surface area contributed by atoms with Crippen LogP contribution in [0.25, 0.3) is 0 Å². The molecule has 1 aromatic carbocycles. The molecule has 1 aromatic rings. The van der Waals surface area contributed by atoms with Crippen molar-refractivity contribution in [2.75, 3.05) is 20.0 Å². The Morgan fingerprint density at radius 3 is 1.88 bits per heavy atom. The molecular formula is C12H20N2O2. The van der Waals surface area contributed by atoms with Gasteiger partial charge in [0.25, 0.3) is 0 Å². The van der Waals surface area contributed by atoms with Gasteiger partial charge in [0, 0.05) is 5.54 Å². The number of hydrogen-bond donors (Lipinski definition) is 2. The van der Waals surface area contributed by atoms with Crippen LogP contribution in [0.1, 0.15) is 19.4 Å². The minimum absolute atomic E-state index is 0.272. The van der Waals surface area contributed by atoms with Crippen molar-refractivity contribution in [1.29, 1.82) is 0 Å². The van der Waals surface area contributed by atoms with Crippen LogP contribution in [0.15, 0.2) is 12.1 Å². The van der Waals surface area contributed by atoms with E-state index in [1.165, 1.54) is 0 Å². The predicted molar refractivity (Wildman–Crippen MR) is 65.9 cm³/mol. The molecule has 0 bridgehead atoms. The molecule has 0 aliphatic heterocycles. The van der Waals surface area contributed by atoms with Gasteiger partial charge in [0.05, 0.1) is 14.2 Å². The van der Waals surface area contributed by atoms with Gasteiger partial charge < -0.3 is 20.9 Å². The number of ether oxygens (including phenoxy) is 2. The minimum Gasteiger partial charge on any atom is -0.494 e. The highest BCUT2D eigenvalue weighted by atomic mass is 16.5. The predicted octanol–water partition coefficient (Wildman–Crippen LogP) is 1.57. The summed E-state index contributed by atoms with van der Waals surface area (Å²) in [5.74, 6) is 1.25. The summed E-state index contributed by atoms with van der Waals surface area (Å²) in [5.41, 5.74) is 13.1. The van der Waals surface area contributed by atoms with E-state index in [4.69, 9.17) is 20.9 Å². The van der Waals surface area contributed by atoms with Gasteiger partial charge in [-0.15, -0.1) is 0 Å². The average molecular weight is 224 g/mol. The molecule has 4 N–H and O–H groups in total. The summed E-state index contributed by atoms with van der Waals surface area (Å²) < 4.78 is 10.4. The van der Waals surface area contributed by atoms with E-state index in [2.05, 4.69) is 0 Å². The lowest BCUT2D eigenvalue weighted by molar-refractivity contribution is 0.396. The molecule has 1 rings (SSSR count). The van der Waals surface area contributed by atoms with E-state index in [1.807, 2.05) is 26.0 Å². The first-order valence-corrected chi connectivity index (χ1v) is 5.16. The van der Waals surface area contributed by atoms with Gasteiger partial charge in [-0.05, 0) is 38.0 Å². The Kier molecular flexibility index (Phi) is 3.65. The summed E-state index contributed by atoms with van der Waals surface area (Å²) in [6, 6.07) is 3.79. The smallest absolute Gasteiger partial charge is 0.145 e. The summed E-state index contributed by atoms with van der Waals surface area (Å²) in [7, 11) is 3.17. The molecule has 90 valence electrons. The molecule has 0 spiro atoms. The highest BCUT2D eigenvalue weighted by molar-refractivity contribution is 5.64. The maximum atomic E-state index is 5.98. The molecule has 0 fully saturated rings. The molecule has 0 aliphatic rings. The van der Waals surface area contributed by atoms with Crippen LogP contribution in [0.4, 0.5) is 5.69 Å². The molecule has 4 nitrogen and oxygen atoms in total. The fraction of sp³-hybridized carbons (Fsp3) is 0.500. The van der Waals surface area contributed by atoms with Crippen LogP contribution < -0.4 is 20.9 Å². The van der Waals surface area contributed by atoms with Gasteiger partial charge in [0.15, 0.2) is 0 Å². The molecule has 0 radical (unpaired) electrons. The van der Waals surface area contributed by atoms with E-state index in [-0.39, 0.29) is 5.54 Å². The van der Waals surface area contributed by atoms with Gasteiger partial charge in [-0.25, -0.2) is 0 Å². The minimum atomic E-state index is -0.272. The number of rotatable bonds is 4. The second-order valence-corrected chi connectivity index (χ2v) is 4.58. The number of methoxy groups -OCH3 is 2. The van der Waals surface area contributed by atoms with Crippen LogP contribution in [0.3, 0.4) is 0 Å². The summed E-state index contributed by atoms with van der Waals surface area (Å²) >= 11 is 0. The van der Waals surface area contributed by atoms with E-state index in [0.29, 0.717) is 17.2 Å². The van der Waals surface area contributed by atoms with Gasteiger partial charge in [0.2, 0.25) is 0 Å². The van der Waals surface area contributed by atoms with E-state index in [1.54, 1.807) is 14.2 Å². The zero-order valence-corrected chi connectivity index (χ0v) is 10.3. The normalized spacial score (nSPS) is 11.3. The Morgan fingerprint density at radius 1 is 1.12 bits per heavy atom. The van der Waals surface area contributed by atoms with Gasteiger partial charge in [-0.2, -0.15) is 0 Å². The average Bonchev–Trinajstić information content (AvgIpc) is 2.18.